The first-order valence-corrected chi connectivity index (χ1v) is 10.7. The second kappa shape index (κ2) is 11.0. The van der Waals surface area contributed by atoms with Gasteiger partial charge in [-0.3, -0.25) is 9.89 Å². The van der Waals surface area contributed by atoms with Crippen molar-refractivity contribution in [3.8, 4) is 0 Å². The number of nitrogens with one attached hydrogen (secondary N) is 2. The molecule has 1 saturated carbocycles. The summed E-state index contributed by atoms with van der Waals surface area (Å²) in [4.78, 5) is 7.25. The van der Waals surface area contributed by atoms with Crippen LogP contribution in [0, 0.1) is 0 Å². The summed E-state index contributed by atoms with van der Waals surface area (Å²) in [5.74, 6) is 1.62. The van der Waals surface area contributed by atoms with Crippen molar-refractivity contribution >= 4 is 29.9 Å². The molecule has 2 fully saturated rings. The molecule has 1 aliphatic carbocycles. The SMILES string of the molecule is CCN=C(NC1CCN(Cc2ccccc2)CC1)NC1CC1c1ccccc1.I. The Morgan fingerprint density at radius 3 is 2.28 bits per heavy atom. The second-order valence-electron chi connectivity index (χ2n) is 8.01. The number of halogens is 1. The van der Waals surface area contributed by atoms with Crippen LogP contribution in [0.5, 0.6) is 0 Å². The molecule has 29 heavy (non-hydrogen) atoms. The maximum atomic E-state index is 4.69. The van der Waals surface area contributed by atoms with Gasteiger partial charge in [0, 0.05) is 44.2 Å². The lowest BCUT2D eigenvalue weighted by Crippen LogP contribution is -2.49. The molecule has 4 nitrogen and oxygen atoms in total. The van der Waals surface area contributed by atoms with Gasteiger partial charge in [0.1, 0.15) is 0 Å². The van der Waals surface area contributed by atoms with Crippen LogP contribution in [0.4, 0.5) is 0 Å². The van der Waals surface area contributed by atoms with Gasteiger partial charge >= 0.3 is 0 Å². The first-order chi connectivity index (χ1) is 13.8. The first-order valence-electron chi connectivity index (χ1n) is 10.7. The van der Waals surface area contributed by atoms with E-state index in [-0.39, 0.29) is 24.0 Å². The molecule has 5 heteroatoms. The zero-order valence-corrected chi connectivity index (χ0v) is 19.6. The monoisotopic (exact) mass is 504 g/mol. The molecular formula is C24H33IN4. The van der Waals surface area contributed by atoms with Gasteiger partial charge in [0.2, 0.25) is 0 Å². The lowest BCUT2D eigenvalue weighted by Gasteiger charge is -2.33. The molecular weight excluding hydrogens is 471 g/mol. The number of nitrogens with zero attached hydrogens (tertiary/aromatic N) is 2. The second-order valence-corrected chi connectivity index (χ2v) is 8.01. The van der Waals surface area contributed by atoms with Crippen molar-refractivity contribution in [2.24, 2.45) is 4.99 Å². The van der Waals surface area contributed by atoms with Crippen molar-refractivity contribution < 1.29 is 0 Å². The highest BCUT2D eigenvalue weighted by Crippen LogP contribution is 2.40. The highest BCUT2D eigenvalue weighted by Gasteiger charge is 2.39. The molecule has 2 N–H and O–H groups in total. The summed E-state index contributed by atoms with van der Waals surface area (Å²) in [6, 6.07) is 22.6. The van der Waals surface area contributed by atoms with Crippen molar-refractivity contribution in [2.75, 3.05) is 19.6 Å². The molecule has 1 heterocycles. The van der Waals surface area contributed by atoms with Gasteiger partial charge in [-0.1, -0.05) is 60.7 Å². The van der Waals surface area contributed by atoms with E-state index in [4.69, 9.17) is 4.99 Å². The Labute approximate surface area is 192 Å². The van der Waals surface area contributed by atoms with E-state index in [1.807, 2.05) is 0 Å². The minimum absolute atomic E-state index is 0. The molecule has 4 rings (SSSR count). The zero-order valence-electron chi connectivity index (χ0n) is 17.3. The number of aliphatic imine (C=N–C) groups is 1. The summed E-state index contributed by atoms with van der Waals surface area (Å²) >= 11 is 0. The van der Waals surface area contributed by atoms with Gasteiger partial charge in [0.05, 0.1) is 0 Å². The minimum atomic E-state index is 0. The number of hydrogen-bond donors (Lipinski definition) is 2. The Bertz CT molecular complexity index is 757. The van der Waals surface area contributed by atoms with Gasteiger partial charge in [-0.2, -0.15) is 0 Å². The fourth-order valence-corrected chi connectivity index (χ4v) is 4.16. The molecule has 156 valence electrons. The van der Waals surface area contributed by atoms with E-state index in [2.05, 4.69) is 83.1 Å². The van der Waals surface area contributed by atoms with Crippen molar-refractivity contribution in [1.82, 2.24) is 15.5 Å². The Morgan fingerprint density at radius 2 is 1.62 bits per heavy atom. The molecule has 2 aliphatic rings. The average Bonchev–Trinajstić information content (AvgIpc) is 3.50. The maximum absolute atomic E-state index is 4.69. The third-order valence-corrected chi connectivity index (χ3v) is 5.83. The Hall–Kier alpha value is -1.60. The Balaban J connectivity index is 0.00000240. The topological polar surface area (TPSA) is 39.7 Å². The molecule has 0 radical (unpaired) electrons. The normalized spacial score (nSPS) is 22.6. The molecule has 2 aromatic rings. The van der Waals surface area contributed by atoms with Gasteiger partial charge < -0.3 is 10.6 Å². The van der Waals surface area contributed by atoms with Crippen molar-refractivity contribution in [3.05, 3.63) is 71.8 Å². The summed E-state index contributed by atoms with van der Waals surface area (Å²) < 4.78 is 0. The highest BCUT2D eigenvalue weighted by molar-refractivity contribution is 14.0. The van der Waals surface area contributed by atoms with Crippen LogP contribution in [0.1, 0.15) is 43.2 Å². The summed E-state index contributed by atoms with van der Waals surface area (Å²) in [7, 11) is 0. The fourth-order valence-electron chi connectivity index (χ4n) is 4.16. The maximum Gasteiger partial charge on any atom is 0.191 e. The first kappa shape index (κ1) is 22.1. The van der Waals surface area contributed by atoms with Gasteiger partial charge in [0.25, 0.3) is 0 Å². The van der Waals surface area contributed by atoms with Crippen LogP contribution in [-0.4, -0.2) is 42.6 Å². The van der Waals surface area contributed by atoms with Crippen LogP contribution < -0.4 is 10.6 Å². The summed E-state index contributed by atoms with van der Waals surface area (Å²) in [5, 5.41) is 7.36. The average molecular weight is 504 g/mol. The van der Waals surface area contributed by atoms with E-state index >= 15 is 0 Å². The quantitative estimate of drug-likeness (QED) is 0.349. The third kappa shape index (κ3) is 6.44. The standard InChI is InChI=1S/C24H32N4.HI/c1-2-25-24(27-23-17-22(23)20-11-7-4-8-12-20)26-21-13-15-28(16-14-21)18-19-9-5-3-6-10-19;/h3-12,21-23H,2,13-18H2,1H3,(H2,25,26,27);1H. The Morgan fingerprint density at radius 1 is 0.966 bits per heavy atom. The molecule has 2 atom stereocenters. The van der Waals surface area contributed by atoms with Gasteiger partial charge in [-0.15, -0.1) is 24.0 Å². The molecule has 0 spiro atoms. The highest BCUT2D eigenvalue weighted by atomic mass is 127. The van der Waals surface area contributed by atoms with Crippen LogP contribution in [0.15, 0.2) is 65.7 Å². The van der Waals surface area contributed by atoms with E-state index in [1.165, 1.54) is 30.4 Å². The zero-order chi connectivity index (χ0) is 19.2. The predicted molar refractivity (Wildman–Crippen MR) is 132 cm³/mol. The molecule has 0 aromatic heterocycles. The van der Waals surface area contributed by atoms with Crippen molar-refractivity contribution in [3.63, 3.8) is 0 Å². The number of benzene rings is 2. The van der Waals surface area contributed by atoms with E-state index < -0.39 is 0 Å². The molecule has 2 unspecified atom stereocenters. The van der Waals surface area contributed by atoms with Gasteiger partial charge in [0.15, 0.2) is 5.96 Å². The van der Waals surface area contributed by atoms with Crippen LogP contribution in [0.2, 0.25) is 0 Å². The number of rotatable bonds is 6. The van der Waals surface area contributed by atoms with Crippen LogP contribution in [0.25, 0.3) is 0 Å². The number of likely N-dealkylation sites (tertiary alicyclic amines) is 1. The fraction of sp³-hybridized carbons (Fsp3) is 0.458. The Kier molecular flexibility index (Phi) is 8.36. The van der Waals surface area contributed by atoms with E-state index in [9.17, 15) is 0 Å². The number of guanidine groups is 1. The lowest BCUT2D eigenvalue weighted by atomic mass is 10.0. The van der Waals surface area contributed by atoms with Gasteiger partial charge in [-0.25, -0.2) is 0 Å². The summed E-state index contributed by atoms with van der Waals surface area (Å²) in [5.41, 5.74) is 2.84. The van der Waals surface area contributed by atoms with E-state index in [0.29, 0.717) is 18.0 Å². The minimum Gasteiger partial charge on any atom is -0.354 e. The summed E-state index contributed by atoms with van der Waals surface area (Å²) in [6.45, 7) is 6.25. The number of piperidine rings is 1. The largest absolute Gasteiger partial charge is 0.354 e. The lowest BCUT2D eigenvalue weighted by molar-refractivity contribution is 0.198. The van der Waals surface area contributed by atoms with Gasteiger partial charge in [-0.05, 0) is 37.3 Å². The van der Waals surface area contributed by atoms with E-state index in [0.717, 1.165) is 32.1 Å². The van der Waals surface area contributed by atoms with Crippen LogP contribution >= 0.6 is 24.0 Å². The molecule has 0 amide bonds. The molecule has 1 saturated heterocycles. The third-order valence-electron chi connectivity index (χ3n) is 5.83. The van der Waals surface area contributed by atoms with Crippen LogP contribution in [-0.2, 0) is 6.54 Å². The summed E-state index contributed by atoms with van der Waals surface area (Å²) in [6.07, 6.45) is 3.54. The van der Waals surface area contributed by atoms with Crippen LogP contribution in [0.3, 0.4) is 0 Å². The predicted octanol–water partition coefficient (Wildman–Crippen LogP) is 4.38. The van der Waals surface area contributed by atoms with E-state index in [1.54, 1.807) is 0 Å². The number of hydrogen-bond acceptors (Lipinski definition) is 2. The smallest absolute Gasteiger partial charge is 0.191 e. The molecule has 0 bridgehead atoms. The molecule has 1 aliphatic heterocycles. The van der Waals surface area contributed by atoms with Crippen molar-refractivity contribution in [2.45, 2.75) is 50.7 Å². The molecule has 2 aromatic carbocycles. The van der Waals surface area contributed by atoms with Crippen molar-refractivity contribution in [1.29, 1.82) is 0 Å².